The maximum absolute atomic E-state index is 13.1. The van der Waals surface area contributed by atoms with E-state index in [1.54, 1.807) is 0 Å². The molecule has 1 aliphatic rings. The predicted octanol–water partition coefficient (Wildman–Crippen LogP) is 3.29. The monoisotopic (exact) mass is 239 g/mol. The Kier molecular flexibility index (Phi) is 4.11. The zero-order valence-corrected chi connectivity index (χ0v) is 10.2. The van der Waals surface area contributed by atoms with Gasteiger partial charge in [0.2, 0.25) is 0 Å². The van der Waals surface area contributed by atoms with E-state index in [4.69, 9.17) is 0 Å². The van der Waals surface area contributed by atoms with Gasteiger partial charge in [-0.05, 0) is 43.5 Å². The van der Waals surface area contributed by atoms with Crippen molar-refractivity contribution in [3.63, 3.8) is 0 Å². The van der Waals surface area contributed by atoms with Crippen LogP contribution in [0.4, 0.5) is 8.78 Å². The molecular formula is C14H19F2N. The minimum atomic E-state index is -0.488. The molecule has 0 aromatic heterocycles. The van der Waals surface area contributed by atoms with Crippen LogP contribution in [0.5, 0.6) is 0 Å². The molecule has 1 fully saturated rings. The van der Waals surface area contributed by atoms with Crippen LogP contribution in [0, 0.1) is 17.6 Å². The SMILES string of the molecule is CNC(Cc1cc(F)cc(F)c1)CC1CCC1. The van der Waals surface area contributed by atoms with Crippen LogP contribution in [0.25, 0.3) is 0 Å². The molecule has 1 saturated carbocycles. The van der Waals surface area contributed by atoms with E-state index in [2.05, 4.69) is 5.32 Å². The Morgan fingerprint density at radius 2 is 1.88 bits per heavy atom. The van der Waals surface area contributed by atoms with E-state index in [9.17, 15) is 8.78 Å². The molecule has 0 amide bonds. The summed E-state index contributed by atoms with van der Waals surface area (Å²) in [5, 5.41) is 3.24. The molecule has 1 N–H and O–H groups in total. The van der Waals surface area contributed by atoms with Gasteiger partial charge in [0.1, 0.15) is 11.6 Å². The molecule has 2 rings (SSSR count). The molecule has 1 atom stereocenters. The number of hydrogen-bond acceptors (Lipinski definition) is 1. The highest BCUT2D eigenvalue weighted by molar-refractivity contribution is 5.19. The first kappa shape index (κ1) is 12.5. The molecule has 0 radical (unpaired) electrons. The highest BCUT2D eigenvalue weighted by atomic mass is 19.1. The molecule has 1 aromatic carbocycles. The smallest absolute Gasteiger partial charge is 0.126 e. The number of halogens is 2. The zero-order valence-electron chi connectivity index (χ0n) is 10.2. The van der Waals surface area contributed by atoms with Gasteiger partial charge in [-0.2, -0.15) is 0 Å². The van der Waals surface area contributed by atoms with Crippen molar-refractivity contribution in [2.45, 2.75) is 38.1 Å². The lowest BCUT2D eigenvalue weighted by molar-refractivity contribution is 0.263. The molecule has 17 heavy (non-hydrogen) atoms. The van der Waals surface area contributed by atoms with Crippen LogP contribution in [-0.4, -0.2) is 13.1 Å². The van der Waals surface area contributed by atoms with E-state index in [1.165, 1.54) is 31.4 Å². The van der Waals surface area contributed by atoms with Crippen molar-refractivity contribution < 1.29 is 8.78 Å². The fraction of sp³-hybridized carbons (Fsp3) is 0.571. The van der Waals surface area contributed by atoms with Crippen molar-refractivity contribution in [1.82, 2.24) is 5.32 Å². The van der Waals surface area contributed by atoms with Crippen molar-refractivity contribution >= 4 is 0 Å². The van der Waals surface area contributed by atoms with E-state index in [1.807, 2.05) is 7.05 Å². The van der Waals surface area contributed by atoms with Gasteiger partial charge in [-0.3, -0.25) is 0 Å². The third-order valence-corrected chi connectivity index (χ3v) is 3.66. The minimum Gasteiger partial charge on any atom is -0.317 e. The quantitative estimate of drug-likeness (QED) is 0.831. The summed E-state index contributed by atoms with van der Waals surface area (Å²) in [5.74, 6) is -0.178. The Morgan fingerprint density at radius 3 is 2.35 bits per heavy atom. The van der Waals surface area contributed by atoms with Gasteiger partial charge in [0, 0.05) is 12.1 Å². The largest absolute Gasteiger partial charge is 0.317 e. The van der Waals surface area contributed by atoms with E-state index in [-0.39, 0.29) is 0 Å². The standard InChI is InChI=1S/C14H19F2N/c1-17-14(7-10-3-2-4-10)8-11-5-12(15)9-13(16)6-11/h5-6,9-10,14,17H,2-4,7-8H2,1H3. The number of likely N-dealkylation sites (N-methyl/N-ethyl adjacent to an activating group) is 1. The van der Waals surface area contributed by atoms with E-state index < -0.39 is 11.6 Å². The lowest BCUT2D eigenvalue weighted by Gasteiger charge is -2.29. The minimum absolute atomic E-state index is 0.321. The molecule has 1 aliphatic carbocycles. The molecular weight excluding hydrogens is 220 g/mol. The summed E-state index contributed by atoms with van der Waals surface area (Å²) in [6, 6.07) is 4.09. The highest BCUT2D eigenvalue weighted by Crippen LogP contribution is 2.31. The Morgan fingerprint density at radius 1 is 1.24 bits per heavy atom. The van der Waals surface area contributed by atoms with Crippen molar-refractivity contribution in [3.8, 4) is 0 Å². The van der Waals surface area contributed by atoms with Crippen LogP contribution in [0.3, 0.4) is 0 Å². The van der Waals surface area contributed by atoms with Gasteiger partial charge in [0.25, 0.3) is 0 Å². The topological polar surface area (TPSA) is 12.0 Å². The van der Waals surface area contributed by atoms with Crippen molar-refractivity contribution in [2.75, 3.05) is 7.05 Å². The molecule has 0 heterocycles. The van der Waals surface area contributed by atoms with Crippen molar-refractivity contribution in [1.29, 1.82) is 0 Å². The summed E-state index contributed by atoms with van der Waals surface area (Å²) >= 11 is 0. The van der Waals surface area contributed by atoms with Crippen LogP contribution in [-0.2, 0) is 6.42 Å². The van der Waals surface area contributed by atoms with Gasteiger partial charge >= 0.3 is 0 Å². The maximum Gasteiger partial charge on any atom is 0.126 e. The van der Waals surface area contributed by atoms with Crippen molar-refractivity contribution in [3.05, 3.63) is 35.4 Å². The molecule has 1 aromatic rings. The average Bonchev–Trinajstić information content (AvgIpc) is 2.20. The van der Waals surface area contributed by atoms with Crippen LogP contribution < -0.4 is 5.32 Å². The lowest BCUT2D eigenvalue weighted by atomic mass is 9.80. The molecule has 3 heteroatoms. The van der Waals surface area contributed by atoms with Gasteiger partial charge in [-0.25, -0.2) is 8.78 Å². The summed E-state index contributed by atoms with van der Waals surface area (Å²) in [6.45, 7) is 0. The van der Waals surface area contributed by atoms with Crippen LogP contribution in [0.15, 0.2) is 18.2 Å². The first-order chi connectivity index (χ1) is 8.17. The maximum atomic E-state index is 13.1. The average molecular weight is 239 g/mol. The Bertz CT molecular complexity index is 354. The Hall–Kier alpha value is -0.960. The molecule has 1 nitrogen and oxygen atoms in total. The summed E-state index contributed by atoms with van der Waals surface area (Å²) < 4.78 is 26.1. The summed E-state index contributed by atoms with van der Waals surface area (Å²) in [7, 11) is 1.92. The lowest BCUT2D eigenvalue weighted by Crippen LogP contribution is -2.32. The van der Waals surface area contributed by atoms with E-state index in [0.29, 0.717) is 12.5 Å². The molecule has 0 aliphatic heterocycles. The predicted molar refractivity (Wildman–Crippen MR) is 64.9 cm³/mol. The fourth-order valence-corrected chi connectivity index (χ4v) is 2.45. The number of hydrogen-bond donors (Lipinski definition) is 1. The van der Waals surface area contributed by atoms with Crippen LogP contribution in [0.1, 0.15) is 31.2 Å². The second kappa shape index (κ2) is 5.58. The molecule has 1 unspecified atom stereocenters. The zero-order chi connectivity index (χ0) is 12.3. The summed E-state index contributed by atoms with van der Waals surface area (Å²) in [4.78, 5) is 0. The molecule has 0 spiro atoms. The second-order valence-electron chi connectivity index (χ2n) is 5.00. The van der Waals surface area contributed by atoms with Gasteiger partial charge < -0.3 is 5.32 Å². The van der Waals surface area contributed by atoms with E-state index in [0.717, 1.165) is 24.0 Å². The molecule has 94 valence electrons. The molecule has 0 saturated heterocycles. The van der Waals surface area contributed by atoms with Gasteiger partial charge in [0.15, 0.2) is 0 Å². The number of rotatable bonds is 5. The van der Waals surface area contributed by atoms with Crippen LogP contribution in [0.2, 0.25) is 0 Å². The van der Waals surface area contributed by atoms with E-state index >= 15 is 0 Å². The second-order valence-corrected chi connectivity index (χ2v) is 5.00. The number of benzene rings is 1. The fourth-order valence-electron chi connectivity index (χ4n) is 2.45. The van der Waals surface area contributed by atoms with Crippen LogP contribution >= 0.6 is 0 Å². The third kappa shape index (κ3) is 3.50. The third-order valence-electron chi connectivity index (χ3n) is 3.66. The van der Waals surface area contributed by atoms with Gasteiger partial charge in [-0.15, -0.1) is 0 Å². The summed E-state index contributed by atoms with van der Waals surface area (Å²) in [6.07, 6.45) is 5.73. The van der Waals surface area contributed by atoms with Gasteiger partial charge in [-0.1, -0.05) is 19.3 Å². The normalized spacial score (nSPS) is 17.8. The number of nitrogens with one attached hydrogen (secondary N) is 1. The van der Waals surface area contributed by atoms with Gasteiger partial charge in [0.05, 0.1) is 0 Å². The molecule has 0 bridgehead atoms. The summed E-state index contributed by atoms with van der Waals surface area (Å²) in [5.41, 5.74) is 0.737. The first-order valence-corrected chi connectivity index (χ1v) is 6.29. The first-order valence-electron chi connectivity index (χ1n) is 6.29. The van der Waals surface area contributed by atoms with Crippen molar-refractivity contribution in [2.24, 2.45) is 5.92 Å². The highest BCUT2D eigenvalue weighted by Gasteiger charge is 2.21. The Balaban J connectivity index is 1.96. The Labute approximate surface area is 101 Å².